The van der Waals surface area contributed by atoms with Crippen LogP contribution in [0, 0.1) is 10.1 Å². The Labute approximate surface area is 92.7 Å². The molecule has 0 saturated carbocycles. The highest BCUT2D eigenvalue weighted by Crippen LogP contribution is 2.25. The Kier molecular flexibility index (Phi) is 3.45. The molecule has 0 radical (unpaired) electrons. The maximum absolute atomic E-state index is 11.5. The molecule has 0 aliphatic heterocycles. The van der Waals surface area contributed by atoms with E-state index in [0.717, 1.165) is 6.07 Å². The molecule has 0 spiro atoms. The first-order valence-corrected chi connectivity index (χ1v) is 5.80. The molecule has 88 valence electrons. The van der Waals surface area contributed by atoms with Crippen molar-refractivity contribution >= 4 is 21.4 Å². The molecule has 0 bridgehead atoms. The summed E-state index contributed by atoms with van der Waals surface area (Å²) < 4.78 is 25.2. The first-order chi connectivity index (χ1) is 7.42. The molecule has 0 unspecified atom stereocenters. The van der Waals surface area contributed by atoms with Gasteiger partial charge < -0.3 is 5.32 Å². The largest absolute Gasteiger partial charge is 0.387 e. The highest BCUT2D eigenvalue weighted by atomic mass is 32.2. The summed E-state index contributed by atoms with van der Waals surface area (Å²) in [5.41, 5.74) is 0.0166. The SMILES string of the molecule is CNc1cc([N+](=O)[O-])ccc1S(=O)(=O)NC. The zero-order valence-corrected chi connectivity index (χ0v) is 9.54. The number of nitrogens with one attached hydrogen (secondary N) is 2. The highest BCUT2D eigenvalue weighted by Gasteiger charge is 2.18. The molecular weight excluding hydrogens is 234 g/mol. The fourth-order valence-electron chi connectivity index (χ4n) is 1.17. The normalized spacial score (nSPS) is 11.1. The van der Waals surface area contributed by atoms with Gasteiger partial charge in [-0.05, 0) is 13.1 Å². The number of rotatable bonds is 4. The van der Waals surface area contributed by atoms with Crippen LogP contribution in [0.15, 0.2) is 23.1 Å². The van der Waals surface area contributed by atoms with Gasteiger partial charge in [0.1, 0.15) is 4.90 Å². The molecule has 16 heavy (non-hydrogen) atoms. The molecule has 0 aliphatic rings. The molecule has 0 saturated heterocycles. The van der Waals surface area contributed by atoms with Crippen LogP contribution < -0.4 is 10.0 Å². The van der Waals surface area contributed by atoms with Crippen molar-refractivity contribution in [1.29, 1.82) is 0 Å². The van der Waals surface area contributed by atoms with Gasteiger partial charge in [-0.3, -0.25) is 10.1 Å². The van der Waals surface area contributed by atoms with Crippen molar-refractivity contribution in [3.63, 3.8) is 0 Å². The van der Waals surface area contributed by atoms with Crippen molar-refractivity contribution in [3.8, 4) is 0 Å². The van der Waals surface area contributed by atoms with E-state index in [1.54, 1.807) is 0 Å². The lowest BCUT2D eigenvalue weighted by Gasteiger charge is -2.08. The van der Waals surface area contributed by atoms with E-state index in [1.807, 2.05) is 0 Å². The Balaban J connectivity index is 3.39. The lowest BCUT2D eigenvalue weighted by Crippen LogP contribution is -2.19. The van der Waals surface area contributed by atoms with E-state index in [4.69, 9.17) is 0 Å². The van der Waals surface area contributed by atoms with Gasteiger partial charge in [0, 0.05) is 19.2 Å². The summed E-state index contributed by atoms with van der Waals surface area (Å²) in [6, 6.07) is 3.51. The summed E-state index contributed by atoms with van der Waals surface area (Å²) in [7, 11) is -0.851. The van der Waals surface area contributed by atoms with Crippen LogP contribution >= 0.6 is 0 Å². The maximum atomic E-state index is 11.5. The van der Waals surface area contributed by atoms with Crippen LogP contribution in [-0.4, -0.2) is 27.4 Å². The van der Waals surface area contributed by atoms with Gasteiger partial charge in [0.15, 0.2) is 0 Å². The Morgan fingerprint density at radius 1 is 1.31 bits per heavy atom. The quantitative estimate of drug-likeness (QED) is 0.595. The molecular formula is C8H11N3O4S. The zero-order valence-electron chi connectivity index (χ0n) is 8.72. The van der Waals surface area contributed by atoms with E-state index < -0.39 is 14.9 Å². The van der Waals surface area contributed by atoms with E-state index in [2.05, 4.69) is 10.0 Å². The van der Waals surface area contributed by atoms with Crippen LogP contribution in [0.2, 0.25) is 0 Å². The zero-order chi connectivity index (χ0) is 12.3. The Morgan fingerprint density at radius 2 is 1.94 bits per heavy atom. The van der Waals surface area contributed by atoms with Gasteiger partial charge in [-0.1, -0.05) is 0 Å². The minimum absolute atomic E-state index is 0.0249. The summed E-state index contributed by atoms with van der Waals surface area (Å²) in [6.45, 7) is 0. The molecule has 1 aromatic carbocycles. The van der Waals surface area contributed by atoms with E-state index >= 15 is 0 Å². The Morgan fingerprint density at radius 3 is 2.38 bits per heavy atom. The molecule has 0 heterocycles. The number of anilines is 1. The van der Waals surface area contributed by atoms with Crippen LogP contribution in [0.1, 0.15) is 0 Å². The van der Waals surface area contributed by atoms with Crippen molar-refractivity contribution in [2.75, 3.05) is 19.4 Å². The molecule has 2 N–H and O–H groups in total. The number of nitrogens with zero attached hydrogens (tertiary/aromatic N) is 1. The first-order valence-electron chi connectivity index (χ1n) is 4.32. The third kappa shape index (κ3) is 2.28. The topological polar surface area (TPSA) is 101 Å². The third-order valence-electron chi connectivity index (χ3n) is 2.00. The summed E-state index contributed by atoms with van der Waals surface area (Å²) in [5, 5.41) is 13.1. The van der Waals surface area contributed by atoms with Crippen molar-refractivity contribution < 1.29 is 13.3 Å². The molecule has 1 rings (SSSR count). The second-order valence-electron chi connectivity index (χ2n) is 2.90. The predicted molar refractivity (Wildman–Crippen MR) is 58.9 cm³/mol. The number of hydrogen-bond donors (Lipinski definition) is 2. The summed E-state index contributed by atoms with van der Waals surface area (Å²) in [6.07, 6.45) is 0. The van der Waals surface area contributed by atoms with Gasteiger partial charge in [-0.2, -0.15) is 0 Å². The minimum Gasteiger partial charge on any atom is -0.387 e. The van der Waals surface area contributed by atoms with Gasteiger partial charge in [-0.25, -0.2) is 13.1 Å². The maximum Gasteiger partial charge on any atom is 0.271 e. The van der Waals surface area contributed by atoms with Gasteiger partial charge in [0.05, 0.1) is 10.6 Å². The molecule has 0 atom stereocenters. The number of sulfonamides is 1. The average molecular weight is 245 g/mol. The van der Waals surface area contributed by atoms with E-state index in [1.165, 1.54) is 26.2 Å². The Hall–Kier alpha value is -1.67. The number of hydrogen-bond acceptors (Lipinski definition) is 5. The van der Waals surface area contributed by atoms with Crippen molar-refractivity contribution in [1.82, 2.24) is 4.72 Å². The smallest absolute Gasteiger partial charge is 0.271 e. The molecule has 7 nitrogen and oxygen atoms in total. The molecule has 0 aromatic heterocycles. The van der Waals surface area contributed by atoms with Gasteiger partial charge in [-0.15, -0.1) is 0 Å². The van der Waals surface area contributed by atoms with Crippen LogP contribution in [0.5, 0.6) is 0 Å². The van der Waals surface area contributed by atoms with Gasteiger partial charge in [0.25, 0.3) is 5.69 Å². The van der Waals surface area contributed by atoms with Crippen molar-refractivity contribution in [3.05, 3.63) is 28.3 Å². The van der Waals surface area contributed by atoms with Gasteiger partial charge >= 0.3 is 0 Å². The van der Waals surface area contributed by atoms with Crippen LogP contribution in [0.4, 0.5) is 11.4 Å². The fraction of sp³-hybridized carbons (Fsp3) is 0.250. The minimum atomic E-state index is -3.62. The lowest BCUT2D eigenvalue weighted by atomic mass is 10.3. The van der Waals surface area contributed by atoms with Gasteiger partial charge in [0.2, 0.25) is 10.0 Å². The number of nitro groups is 1. The van der Waals surface area contributed by atoms with Crippen LogP contribution in [-0.2, 0) is 10.0 Å². The van der Waals surface area contributed by atoms with E-state index in [-0.39, 0.29) is 16.3 Å². The number of non-ortho nitro benzene ring substituents is 1. The summed E-state index contributed by atoms with van der Waals surface area (Å²) in [4.78, 5) is 9.90. The third-order valence-corrected chi connectivity index (χ3v) is 3.47. The van der Waals surface area contributed by atoms with E-state index in [0.29, 0.717) is 0 Å². The predicted octanol–water partition coefficient (Wildman–Crippen LogP) is 0.545. The van der Waals surface area contributed by atoms with E-state index in [9.17, 15) is 18.5 Å². The number of benzene rings is 1. The monoisotopic (exact) mass is 245 g/mol. The lowest BCUT2D eigenvalue weighted by molar-refractivity contribution is -0.384. The molecule has 1 aromatic rings. The molecule has 0 aliphatic carbocycles. The van der Waals surface area contributed by atoms with Crippen molar-refractivity contribution in [2.45, 2.75) is 4.90 Å². The standard InChI is InChI=1S/C8H11N3O4S/c1-9-7-5-6(11(12)13)3-4-8(7)16(14,15)10-2/h3-5,9-10H,1-2H3. The first kappa shape index (κ1) is 12.4. The summed E-state index contributed by atoms with van der Waals surface area (Å²) in [5.74, 6) is 0. The van der Waals surface area contributed by atoms with Crippen molar-refractivity contribution in [2.24, 2.45) is 0 Å². The van der Waals surface area contributed by atoms with Crippen LogP contribution in [0.3, 0.4) is 0 Å². The molecule has 0 fully saturated rings. The second-order valence-corrected chi connectivity index (χ2v) is 4.75. The number of nitro benzene ring substituents is 1. The Bertz CT molecular complexity index is 512. The molecule has 8 heteroatoms. The summed E-state index contributed by atoms with van der Waals surface area (Å²) >= 11 is 0. The molecule has 0 amide bonds. The highest BCUT2D eigenvalue weighted by molar-refractivity contribution is 7.89. The second kappa shape index (κ2) is 4.45. The van der Waals surface area contributed by atoms with Crippen LogP contribution in [0.25, 0.3) is 0 Å². The fourth-order valence-corrected chi connectivity index (χ4v) is 2.09. The average Bonchev–Trinajstić information content (AvgIpc) is 2.28.